The van der Waals surface area contributed by atoms with E-state index < -0.39 is 0 Å². The molecule has 1 aromatic heterocycles. The zero-order valence-electron chi connectivity index (χ0n) is 13.3. The Morgan fingerprint density at radius 2 is 1.85 bits per heavy atom. The number of aromatic nitrogens is 2. The monoisotopic (exact) mass is 275 g/mol. The lowest BCUT2D eigenvalue weighted by Gasteiger charge is -2.27. The van der Waals surface area contributed by atoms with Crippen molar-refractivity contribution in [3.8, 4) is 0 Å². The second kappa shape index (κ2) is 7.61. The highest BCUT2D eigenvalue weighted by atomic mass is 15.0. The number of hydrogen-bond donors (Lipinski definition) is 1. The van der Waals surface area contributed by atoms with Gasteiger partial charge in [-0.2, -0.15) is 0 Å². The van der Waals surface area contributed by atoms with Crippen LogP contribution in [-0.4, -0.2) is 16.5 Å². The fourth-order valence-corrected chi connectivity index (χ4v) is 3.05. The number of anilines is 1. The summed E-state index contributed by atoms with van der Waals surface area (Å²) in [5.41, 5.74) is 1.17. The normalized spacial score (nSPS) is 22.8. The predicted molar refractivity (Wildman–Crippen MR) is 85.2 cm³/mol. The molecule has 0 aromatic carbocycles. The van der Waals surface area contributed by atoms with Crippen LogP contribution >= 0.6 is 0 Å². The van der Waals surface area contributed by atoms with Crippen LogP contribution in [0.4, 0.5) is 5.82 Å². The molecule has 1 heterocycles. The second-order valence-electron chi connectivity index (χ2n) is 6.01. The molecule has 1 aliphatic carbocycles. The van der Waals surface area contributed by atoms with Gasteiger partial charge < -0.3 is 5.32 Å². The van der Waals surface area contributed by atoms with Gasteiger partial charge in [-0.1, -0.05) is 27.2 Å². The average molecular weight is 275 g/mol. The highest BCUT2D eigenvalue weighted by Gasteiger charge is 2.23. The Morgan fingerprint density at radius 1 is 1.10 bits per heavy atom. The van der Waals surface area contributed by atoms with Crippen molar-refractivity contribution in [2.75, 3.05) is 11.9 Å². The van der Waals surface area contributed by atoms with E-state index in [0.717, 1.165) is 36.9 Å². The summed E-state index contributed by atoms with van der Waals surface area (Å²) >= 11 is 0. The zero-order valence-corrected chi connectivity index (χ0v) is 13.3. The van der Waals surface area contributed by atoms with Crippen LogP contribution in [0.1, 0.15) is 76.7 Å². The SMILES string of the molecule is CCCNc1cc(CC)nc(C2CCC(CC)CC2)n1. The highest BCUT2D eigenvalue weighted by Crippen LogP contribution is 2.35. The molecule has 3 nitrogen and oxygen atoms in total. The maximum atomic E-state index is 4.78. The van der Waals surface area contributed by atoms with Crippen LogP contribution in [0, 0.1) is 5.92 Å². The van der Waals surface area contributed by atoms with Crippen LogP contribution in [0.2, 0.25) is 0 Å². The van der Waals surface area contributed by atoms with Crippen molar-refractivity contribution in [3.05, 3.63) is 17.6 Å². The molecule has 0 amide bonds. The first kappa shape index (κ1) is 15.3. The minimum Gasteiger partial charge on any atom is -0.370 e. The van der Waals surface area contributed by atoms with Gasteiger partial charge in [0.15, 0.2) is 0 Å². The van der Waals surface area contributed by atoms with Gasteiger partial charge in [0, 0.05) is 24.2 Å². The van der Waals surface area contributed by atoms with Gasteiger partial charge in [0.1, 0.15) is 11.6 Å². The van der Waals surface area contributed by atoms with Gasteiger partial charge in [0.2, 0.25) is 0 Å². The molecule has 1 aromatic rings. The molecular weight excluding hydrogens is 246 g/mol. The summed E-state index contributed by atoms with van der Waals surface area (Å²) in [7, 11) is 0. The Hall–Kier alpha value is -1.12. The molecule has 1 N–H and O–H groups in total. The molecule has 112 valence electrons. The zero-order chi connectivity index (χ0) is 14.4. The predicted octanol–water partition coefficient (Wildman–Crippen LogP) is 4.54. The maximum absolute atomic E-state index is 4.78. The maximum Gasteiger partial charge on any atom is 0.134 e. The van der Waals surface area contributed by atoms with E-state index >= 15 is 0 Å². The molecule has 1 aliphatic rings. The summed E-state index contributed by atoms with van der Waals surface area (Å²) < 4.78 is 0. The number of rotatable bonds is 6. The molecule has 0 spiro atoms. The molecule has 0 radical (unpaired) electrons. The lowest BCUT2D eigenvalue weighted by Crippen LogP contribution is -2.16. The fraction of sp³-hybridized carbons (Fsp3) is 0.765. The second-order valence-corrected chi connectivity index (χ2v) is 6.01. The largest absolute Gasteiger partial charge is 0.370 e. The molecule has 0 saturated heterocycles. The van der Waals surface area contributed by atoms with E-state index in [1.54, 1.807) is 0 Å². The number of nitrogens with one attached hydrogen (secondary N) is 1. The lowest BCUT2D eigenvalue weighted by molar-refractivity contribution is 0.312. The molecule has 1 fully saturated rings. The van der Waals surface area contributed by atoms with Gasteiger partial charge in [0.05, 0.1) is 0 Å². The van der Waals surface area contributed by atoms with Crippen LogP contribution in [0.5, 0.6) is 0 Å². The van der Waals surface area contributed by atoms with Crippen LogP contribution in [0.15, 0.2) is 6.07 Å². The van der Waals surface area contributed by atoms with E-state index in [0.29, 0.717) is 5.92 Å². The Kier molecular flexibility index (Phi) is 5.81. The van der Waals surface area contributed by atoms with Crippen molar-refractivity contribution in [2.45, 2.75) is 71.6 Å². The quantitative estimate of drug-likeness (QED) is 0.828. The van der Waals surface area contributed by atoms with E-state index in [1.807, 2.05) is 0 Å². The third-order valence-electron chi connectivity index (χ3n) is 4.50. The van der Waals surface area contributed by atoms with Crippen molar-refractivity contribution in [2.24, 2.45) is 5.92 Å². The Balaban J connectivity index is 2.10. The number of aryl methyl sites for hydroxylation is 1. The van der Waals surface area contributed by atoms with Crippen molar-refractivity contribution < 1.29 is 0 Å². The number of nitrogens with zero attached hydrogens (tertiary/aromatic N) is 2. The Labute approximate surface area is 123 Å². The first-order chi connectivity index (χ1) is 9.76. The topological polar surface area (TPSA) is 37.8 Å². The summed E-state index contributed by atoms with van der Waals surface area (Å²) in [6.45, 7) is 7.65. The molecule has 1 saturated carbocycles. The summed E-state index contributed by atoms with van der Waals surface area (Å²) in [4.78, 5) is 9.55. The Morgan fingerprint density at radius 3 is 2.45 bits per heavy atom. The van der Waals surface area contributed by atoms with Gasteiger partial charge in [0.25, 0.3) is 0 Å². The molecule has 0 bridgehead atoms. The average Bonchev–Trinajstić information content (AvgIpc) is 2.52. The highest BCUT2D eigenvalue weighted by molar-refractivity contribution is 5.36. The van der Waals surface area contributed by atoms with Crippen molar-refractivity contribution >= 4 is 5.82 Å². The number of hydrogen-bond acceptors (Lipinski definition) is 3. The fourth-order valence-electron chi connectivity index (χ4n) is 3.05. The lowest BCUT2D eigenvalue weighted by atomic mass is 9.80. The molecule has 0 aliphatic heterocycles. The standard InChI is InChI=1S/C17H29N3/c1-4-11-18-16-12-15(6-3)19-17(20-16)14-9-7-13(5-2)8-10-14/h12-14H,4-11H2,1-3H3,(H,18,19,20). The van der Waals surface area contributed by atoms with Crippen molar-refractivity contribution in [3.63, 3.8) is 0 Å². The molecule has 0 atom stereocenters. The van der Waals surface area contributed by atoms with Gasteiger partial charge in [-0.25, -0.2) is 9.97 Å². The summed E-state index contributed by atoms with van der Waals surface area (Å²) in [6.07, 6.45) is 8.66. The van der Waals surface area contributed by atoms with Crippen LogP contribution < -0.4 is 5.32 Å². The summed E-state index contributed by atoms with van der Waals surface area (Å²) in [5, 5.41) is 3.42. The minimum atomic E-state index is 0.575. The molecule has 20 heavy (non-hydrogen) atoms. The molecular formula is C17H29N3. The minimum absolute atomic E-state index is 0.575. The van der Waals surface area contributed by atoms with Crippen LogP contribution in [0.25, 0.3) is 0 Å². The van der Waals surface area contributed by atoms with Crippen molar-refractivity contribution in [1.29, 1.82) is 0 Å². The van der Waals surface area contributed by atoms with Gasteiger partial charge in [-0.05, 0) is 44.4 Å². The third-order valence-corrected chi connectivity index (χ3v) is 4.50. The van der Waals surface area contributed by atoms with E-state index in [1.165, 1.54) is 37.8 Å². The van der Waals surface area contributed by atoms with E-state index in [-0.39, 0.29) is 0 Å². The van der Waals surface area contributed by atoms with E-state index in [2.05, 4.69) is 32.2 Å². The smallest absolute Gasteiger partial charge is 0.134 e. The first-order valence-electron chi connectivity index (χ1n) is 8.38. The van der Waals surface area contributed by atoms with Gasteiger partial charge in [-0.3, -0.25) is 0 Å². The molecule has 0 unspecified atom stereocenters. The summed E-state index contributed by atoms with van der Waals surface area (Å²) in [5.74, 6) is 3.61. The first-order valence-corrected chi connectivity index (χ1v) is 8.38. The third kappa shape index (κ3) is 3.94. The molecule has 3 heteroatoms. The van der Waals surface area contributed by atoms with Crippen molar-refractivity contribution in [1.82, 2.24) is 9.97 Å². The van der Waals surface area contributed by atoms with Gasteiger partial charge >= 0.3 is 0 Å². The molecule has 2 rings (SSSR count). The van der Waals surface area contributed by atoms with Crippen LogP contribution in [-0.2, 0) is 6.42 Å². The van der Waals surface area contributed by atoms with Crippen LogP contribution in [0.3, 0.4) is 0 Å². The van der Waals surface area contributed by atoms with E-state index in [9.17, 15) is 0 Å². The summed E-state index contributed by atoms with van der Waals surface area (Å²) in [6, 6.07) is 2.11. The Bertz CT molecular complexity index is 409. The van der Waals surface area contributed by atoms with Gasteiger partial charge in [-0.15, -0.1) is 0 Å². The van der Waals surface area contributed by atoms with E-state index in [4.69, 9.17) is 9.97 Å².